The van der Waals surface area contributed by atoms with Crippen LogP contribution in [0.5, 0.6) is 0 Å². The minimum absolute atomic E-state index is 0.00944. The van der Waals surface area contributed by atoms with Crippen LogP contribution in [-0.4, -0.2) is 30.6 Å². The zero-order chi connectivity index (χ0) is 15.7. The van der Waals surface area contributed by atoms with Crippen molar-refractivity contribution in [3.63, 3.8) is 0 Å². The van der Waals surface area contributed by atoms with Crippen molar-refractivity contribution in [2.24, 2.45) is 0 Å². The van der Waals surface area contributed by atoms with Gasteiger partial charge in [-0.1, -0.05) is 30.3 Å². The van der Waals surface area contributed by atoms with Crippen molar-refractivity contribution in [1.29, 1.82) is 0 Å². The lowest BCUT2D eigenvalue weighted by Crippen LogP contribution is -2.38. The maximum atomic E-state index is 12.5. The third-order valence-corrected chi connectivity index (χ3v) is 6.90. The Labute approximate surface area is 133 Å². The molecule has 0 aliphatic heterocycles. The van der Waals surface area contributed by atoms with Gasteiger partial charge in [-0.05, 0) is 19.8 Å². The number of nitrogens with one attached hydrogen (secondary N) is 1. The van der Waals surface area contributed by atoms with Gasteiger partial charge in [-0.25, -0.2) is 13.4 Å². The van der Waals surface area contributed by atoms with E-state index in [4.69, 9.17) is 0 Å². The molecule has 116 valence electrons. The fourth-order valence-corrected chi connectivity index (χ4v) is 4.51. The van der Waals surface area contributed by atoms with Gasteiger partial charge in [0.05, 0.1) is 5.69 Å². The maximum absolute atomic E-state index is 12.5. The minimum Gasteiger partial charge on any atom is -0.352 e. The monoisotopic (exact) mass is 336 g/mol. The van der Waals surface area contributed by atoms with Gasteiger partial charge in [0.15, 0.2) is 0 Å². The van der Waals surface area contributed by atoms with E-state index >= 15 is 0 Å². The highest BCUT2D eigenvalue weighted by Crippen LogP contribution is 2.27. The van der Waals surface area contributed by atoms with Gasteiger partial charge in [-0.3, -0.25) is 4.79 Å². The lowest BCUT2D eigenvalue weighted by Gasteiger charge is -2.10. The summed E-state index contributed by atoms with van der Waals surface area (Å²) in [7, 11) is -3.75. The second kappa shape index (κ2) is 5.81. The summed E-state index contributed by atoms with van der Waals surface area (Å²) in [6.07, 6.45) is 1.85. The fraction of sp³-hybridized carbons (Fsp3) is 0.333. The molecule has 1 aromatic heterocycles. The number of sulfone groups is 1. The maximum Gasteiger partial charge on any atom is 0.238 e. The molecule has 0 saturated heterocycles. The van der Waals surface area contributed by atoms with Crippen LogP contribution in [0, 0.1) is 0 Å². The molecule has 0 radical (unpaired) electrons. The van der Waals surface area contributed by atoms with Crippen LogP contribution in [0.4, 0.5) is 0 Å². The number of carbonyl (C=O) groups excluding carboxylic acids is 1. The molecule has 1 atom stereocenters. The number of nitrogens with zero attached hydrogens (tertiary/aromatic N) is 1. The molecule has 1 fully saturated rings. The largest absolute Gasteiger partial charge is 0.352 e. The quantitative estimate of drug-likeness (QED) is 0.908. The van der Waals surface area contributed by atoms with Crippen molar-refractivity contribution in [1.82, 2.24) is 10.3 Å². The molecule has 0 bridgehead atoms. The second-order valence-corrected chi connectivity index (χ2v) is 8.64. The van der Waals surface area contributed by atoms with Gasteiger partial charge in [0.25, 0.3) is 0 Å². The predicted molar refractivity (Wildman–Crippen MR) is 85.4 cm³/mol. The van der Waals surface area contributed by atoms with Crippen molar-refractivity contribution < 1.29 is 13.2 Å². The van der Waals surface area contributed by atoms with Crippen LogP contribution < -0.4 is 5.32 Å². The SMILES string of the molecule is CC(C(=O)NC1CC1)S(=O)(=O)c1nc(-c2ccccc2)cs1. The van der Waals surface area contributed by atoms with E-state index in [1.165, 1.54) is 6.92 Å². The van der Waals surface area contributed by atoms with E-state index < -0.39 is 21.0 Å². The summed E-state index contributed by atoms with van der Waals surface area (Å²) in [4.78, 5) is 16.2. The van der Waals surface area contributed by atoms with Crippen LogP contribution in [0.2, 0.25) is 0 Å². The topological polar surface area (TPSA) is 76.1 Å². The molecule has 2 aromatic rings. The number of thiazole rings is 1. The first-order valence-electron chi connectivity index (χ1n) is 7.03. The molecule has 1 N–H and O–H groups in total. The third-order valence-electron chi connectivity index (χ3n) is 3.55. The lowest BCUT2D eigenvalue weighted by atomic mass is 10.2. The summed E-state index contributed by atoms with van der Waals surface area (Å²) in [5, 5.41) is 3.31. The first-order valence-corrected chi connectivity index (χ1v) is 9.46. The van der Waals surface area contributed by atoms with E-state index in [1.54, 1.807) is 5.38 Å². The Balaban J connectivity index is 1.83. The first kappa shape index (κ1) is 15.2. The Kier molecular flexibility index (Phi) is 4.01. The smallest absolute Gasteiger partial charge is 0.238 e. The van der Waals surface area contributed by atoms with E-state index in [0.717, 1.165) is 29.7 Å². The highest BCUT2D eigenvalue weighted by Gasteiger charge is 2.35. The molecule has 5 nitrogen and oxygen atoms in total. The molecule has 1 aliphatic carbocycles. The van der Waals surface area contributed by atoms with Crippen molar-refractivity contribution in [2.45, 2.75) is 35.4 Å². The summed E-state index contributed by atoms with van der Waals surface area (Å²) < 4.78 is 25.0. The van der Waals surface area contributed by atoms with Crippen LogP contribution in [-0.2, 0) is 14.6 Å². The zero-order valence-corrected chi connectivity index (χ0v) is 13.7. The van der Waals surface area contributed by atoms with Crippen LogP contribution in [0.3, 0.4) is 0 Å². The molecular formula is C15H16N2O3S2. The Morgan fingerprint density at radius 1 is 1.32 bits per heavy atom. The molecule has 1 amide bonds. The molecule has 1 saturated carbocycles. The number of carbonyl (C=O) groups is 1. The molecule has 0 spiro atoms. The molecule has 1 heterocycles. The zero-order valence-electron chi connectivity index (χ0n) is 12.0. The lowest BCUT2D eigenvalue weighted by molar-refractivity contribution is -0.120. The summed E-state index contributed by atoms with van der Waals surface area (Å²) in [6, 6.07) is 9.51. The molecule has 1 aliphatic rings. The normalized spacial score (nSPS) is 16.2. The van der Waals surface area contributed by atoms with Gasteiger partial charge in [0.2, 0.25) is 20.1 Å². The number of benzene rings is 1. The van der Waals surface area contributed by atoms with Gasteiger partial charge in [-0.15, -0.1) is 11.3 Å². The summed E-state index contributed by atoms with van der Waals surface area (Å²) >= 11 is 1.05. The second-order valence-electron chi connectivity index (χ2n) is 5.33. The molecule has 1 unspecified atom stereocenters. The van der Waals surface area contributed by atoms with Crippen LogP contribution in [0.15, 0.2) is 40.1 Å². The number of hydrogen-bond acceptors (Lipinski definition) is 5. The van der Waals surface area contributed by atoms with Crippen molar-refractivity contribution in [3.05, 3.63) is 35.7 Å². The van der Waals surface area contributed by atoms with E-state index in [1.807, 2.05) is 30.3 Å². The number of hydrogen-bond donors (Lipinski definition) is 1. The molecule has 7 heteroatoms. The number of amides is 1. The summed E-state index contributed by atoms with van der Waals surface area (Å²) in [5.41, 5.74) is 1.47. The Morgan fingerprint density at radius 3 is 2.64 bits per heavy atom. The molecule has 3 rings (SSSR count). The summed E-state index contributed by atoms with van der Waals surface area (Å²) in [5.74, 6) is -0.445. The van der Waals surface area contributed by atoms with E-state index in [-0.39, 0.29) is 10.4 Å². The van der Waals surface area contributed by atoms with Crippen molar-refractivity contribution in [2.75, 3.05) is 0 Å². The van der Waals surface area contributed by atoms with Gasteiger partial charge in [0.1, 0.15) is 5.25 Å². The predicted octanol–water partition coefficient (Wildman–Crippen LogP) is 2.25. The van der Waals surface area contributed by atoms with Crippen LogP contribution >= 0.6 is 11.3 Å². The third kappa shape index (κ3) is 3.05. The molecule has 1 aromatic carbocycles. The van der Waals surface area contributed by atoms with E-state index in [9.17, 15) is 13.2 Å². The highest BCUT2D eigenvalue weighted by atomic mass is 32.2. The van der Waals surface area contributed by atoms with Gasteiger partial charge >= 0.3 is 0 Å². The fourth-order valence-electron chi connectivity index (χ4n) is 1.97. The standard InChI is InChI=1S/C15H16N2O3S2/c1-10(14(18)16-12-7-8-12)22(19,20)15-17-13(9-21-15)11-5-3-2-4-6-11/h2-6,9-10,12H,7-8H2,1H3,(H,16,18). The Hall–Kier alpha value is -1.73. The van der Waals surface area contributed by atoms with E-state index in [0.29, 0.717) is 5.69 Å². The minimum atomic E-state index is -3.75. The first-order chi connectivity index (χ1) is 10.5. The van der Waals surface area contributed by atoms with Crippen molar-refractivity contribution >= 4 is 27.1 Å². The summed E-state index contributed by atoms with van der Waals surface area (Å²) in [6.45, 7) is 1.41. The number of rotatable bonds is 5. The average molecular weight is 336 g/mol. The molecule has 22 heavy (non-hydrogen) atoms. The molecular weight excluding hydrogens is 320 g/mol. The average Bonchev–Trinajstić information content (AvgIpc) is 3.18. The van der Waals surface area contributed by atoms with Gasteiger partial charge in [0, 0.05) is 17.0 Å². The van der Waals surface area contributed by atoms with E-state index in [2.05, 4.69) is 10.3 Å². The van der Waals surface area contributed by atoms with Gasteiger partial charge < -0.3 is 5.32 Å². The Bertz CT molecular complexity index is 780. The van der Waals surface area contributed by atoms with Crippen LogP contribution in [0.1, 0.15) is 19.8 Å². The Morgan fingerprint density at radius 2 is 2.00 bits per heavy atom. The highest BCUT2D eigenvalue weighted by molar-refractivity contribution is 7.94. The van der Waals surface area contributed by atoms with Crippen molar-refractivity contribution in [3.8, 4) is 11.3 Å². The number of aromatic nitrogens is 1. The van der Waals surface area contributed by atoms with Gasteiger partial charge in [-0.2, -0.15) is 0 Å². The van der Waals surface area contributed by atoms with Crippen LogP contribution in [0.25, 0.3) is 11.3 Å².